The summed E-state index contributed by atoms with van der Waals surface area (Å²) in [5.74, 6) is 0.238. The summed E-state index contributed by atoms with van der Waals surface area (Å²) in [6.45, 7) is 4.26. The van der Waals surface area contributed by atoms with Crippen LogP contribution in [-0.2, 0) is 0 Å². The molecule has 3 heteroatoms. The molecule has 3 nitrogen and oxygen atoms in total. The summed E-state index contributed by atoms with van der Waals surface area (Å²) in [4.78, 5) is 0. The van der Waals surface area contributed by atoms with Crippen molar-refractivity contribution in [1.29, 1.82) is 0 Å². The largest absolute Gasteiger partial charge is 0.854 e. The molecule has 0 aliphatic rings. The van der Waals surface area contributed by atoms with E-state index in [-0.39, 0.29) is 5.90 Å². The Kier molecular flexibility index (Phi) is 3.72. The van der Waals surface area contributed by atoms with Crippen molar-refractivity contribution in [3.8, 4) is 0 Å². The van der Waals surface area contributed by atoms with Crippen LogP contribution >= 0.6 is 0 Å². The van der Waals surface area contributed by atoms with Crippen molar-refractivity contribution in [3.05, 3.63) is 66.0 Å². The van der Waals surface area contributed by atoms with Crippen molar-refractivity contribution in [2.24, 2.45) is 5.10 Å². The minimum atomic E-state index is -0.238. The molecule has 0 saturated carbocycles. The molecule has 0 bridgehead atoms. The Labute approximate surface area is 107 Å². The van der Waals surface area contributed by atoms with E-state index in [1.165, 1.54) is 5.56 Å². The first-order valence-electron chi connectivity index (χ1n) is 5.99. The summed E-state index contributed by atoms with van der Waals surface area (Å²) in [5.41, 5.74) is 1.83. The van der Waals surface area contributed by atoms with Crippen LogP contribution < -0.4 is 9.78 Å². The highest BCUT2D eigenvalue weighted by molar-refractivity contribution is 5.89. The third kappa shape index (κ3) is 2.94. The minimum Gasteiger partial charge on any atom is -0.854 e. The smallest absolute Gasteiger partial charge is 0.202 e. The van der Waals surface area contributed by atoms with E-state index >= 15 is 0 Å². The monoisotopic (exact) mass is 240 g/mol. The van der Waals surface area contributed by atoms with Gasteiger partial charge in [0.05, 0.1) is 5.90 Å². The van der Waals surface area contributed by atoms with E-state index in [1.54, 1.807) is 29.2 Å². The number of pyridine rings is 1. The molecule has 0 atom stereocenters. The summed E-state index contributed by atoms with van der Waals surface area (Å²) >= 11 is 0. The molecular weight excluding hydrogens is 224 g/mol. The van der Waals surface area contributed by atoms with Crippen LogP contribution in [0.15, 0.2) is 60.0 Å². The van der Waals surface area contributed by atoms with E-state index < -0.39 is 0 Å². The van der Waals surface area contributed by atoms with Crippen LogP contribution in [0.25, 0.3) is 0 Å². The summed E-state index contributed by atoms with van der Waals surface area (Å²) in [5, 5.41) is 15.9. The fourth-order valence-electron chi connectivity index (χ4n) is 1.63. The second-order valence-electron chi connectivity index (χ2n) is 4.44. The third-order valence-corrected chi connectivity index (χ3v) is 2.73. The topological polar surface area (TPSA) is 39.3 Å². The third-order valence-electron chi connectivity index (χ3n) is 2.73. The lowest BCUT2D eigenvalue weighted by molar-refractivity contribution is -0.681. The van der Waals surface area contributed by atoms with Gasteiger partial charge in [-0.25, -0.2) is 0 Å². The molecule has 0 spiro atoms. The van der Waals surface area contributed by atoms with Gasteiger partial charge in [0.2, 0.25) is 12.4 Å². The molecule has 0 radical (unpaired) electrons. The van der Waals surface area contributed by atoms with Crippen LogP contribution in [-0.4, -0.2) is 5.90 Å². The second-order valence-corrected chi connectivity index (χ2v) is 4.44. The SMILES string of the molecule is CC(C)c1cc[n+](/N=C(\[O-])c2ccccc2)cc1. The summed E-state index contributed by atoms with van der Waals surface area (Å²) in [6.07, 6.45) is 3.60. The van der Waals surface area contributed by atoms with Gasteiger partial charge >= 0.3 is 0 Å². The lowest BCUT2D eigenvalue weighted by atomic mass is 10.1. The van der Waals surface area contributed by atoms with Crippen LogP contribution in [0.2, 0.25) is 0 Å². The molecular formula is C15H16N2O. The van der Waals surface area contributed by atoms with Crippen molar-refractivity contribution >= 4 is 5.90 Å². The molecule has 0 saturated heterocycles. The number of aromatic nitrogens is 1. The maximum absolute atomic E-state index is 11.8. The van der Waals surface area contributed by atoms with Crippen LogP contribution in [0, 0.1) is 0 Å². The minimum absolute atomic E-state index is 0.238. The number of hydrogen-bond acceptors (Lipinski definition) is 2. The fourth-order valence-corrected chi connectivity index (χ4v) is 1.63. The predicted octanol–water partition coefficient (Wildman–Crippen LogP) is 1.67. The first-order valence-corrected chi connectivity index (χ1v) is 5.99. The average Bonchev–Trinajstić information content (AvgIpc) is 2.40. The predicted molar refractivity (Wildman–Crippen MR) is 69.1 cm³/mol. The molecule has 0 amide bonds. The highest BCUT2D eigenvalue weighted by atomic mass is 16.3. The molecule has 0 fully saturated rings. The Bertz CT molecular complexity index is 530. The summed E-state index contributed by atoms with van der Waals surface area (Å²) < 4.78 is 1.54. The van der Waals surface area contributed by atoms with Crippen LogP contribution in [0.4, 0.5) is 0 Å². The highest BCUT2D eigenvalue weighted by Crippen LogP contribution is 2.10. The van der Waals surface area contributed by atoms with E-state index in [2.05, 4.69) is 18.9 Å². The second kappa shape index (κ2) is 5.45. The Morgan fingerprint density at radius 3 is 2.22 bits per heavy atom. The molecule has 0 aliphatic heterocycles. The lowest BCUT2D eigenvalue weighted by Gasteiger charge is -2.06. The summed E-state index contributed by atoms with van der Waals surface area (Å²) in [7, 11) is 0. The van der Waals surface area contributed by atoms with Gasteiger partial charge in [-0.05, 0) is 22.1 Å². The number of benzene rings is 1. The van der Waals surface area contributed by atoms with E-state index in [0.29, 0.717) is 11.5 Å². The van der Waals surface area contributed by atoms with Gasteiger partial charge in [-0.3, -0.25) is 0 Å². The van der Waals surface area contributed by atoms with E-state index in [1.807, 2.05) is 30.3 Å². The van der Waals surface area contributed by atoms with Gasteiger partial charge < -0.3 is 5.11 Å². The zero-order valence-corrected chi connectivity index (χ0v) is 10.6. The van der Waals surface area contributed by atoms with Gasteiger partial charge in [-0.15, -0.1) is 0 Å². The van der Waals surface area contributed by atoms with E-state index in [9.17, 15) is 5.11 Å². The molecule has 1 heterocycles. The van der Waals surface area contributed by atoms with Crippen molar-refractivity contribution < 1.29 is 9.78 Å². The number of nitrogens with zero attached hydrogens (tertiary/aromatic N) is 2. The zero-order chi connectivity index (χ0) is 13.0. The fraction of sp³-hybridized carbons (Fsp3) is 0.200. The molecule has 18 heavy (non-hydrogen) atoms. The Morgan fingerprint density at radius 2 is 1.67 bits per heavy atom. The van der Waals surface area contributed by atoms with Gasteiger partial charge in [0.25, 0.3) is 0 Å². The van der Waals surface area contributed by atoms with Crippen molar-refractivity contribution in [2.75, 3.05) is 0 Å². The van der Waals surface area contributed by atoms with Gasteiger partial charge in [0.1, 0.15) is 0 Å². The van der Waals surface area contributed by atoms with Gasteiger partial charge in [0.15, 0.2) is 0 Å². The molecule has 1 aromatic carbocycles. The first kappa shape index (κ1) is 12.3. The highest BCUT2D eigenvalue weighted by Gasteiger charge is 2.03. The van der Waals surface area contributed by atoms with Crippen LogP contribution in [0.3, 0.4) is 0 Å². The Morgan fingerprint density at radius 1 is 1.06 bits per heavy atom. The van der Waals surface area contributed by atoms with Crippen molar-refractivity contribution in [3.63, 3.8) is 0 Å². The van der Waals surface area contributed by atoms with Crippen LogP contribution in [0.5, 0.6) is 0 Å². The van der Waals surface area contributed by atoms with E-state index in [0.717, 1.165) is 0 Å². The molecule has 0 N–H and O–H groups in total. The van der Waals surface area contributed by atoms with Gasteiger partial charge in [-0.1, -0.05) is 48.9 Å². The maximum atomic E-state index is 11.8. The zero-order valence-electron chi connectivity index (χ0n) is 10.6. The molecule has 92 valence electrons. The Balaban J connectivity index is 2.23. The first-order chi connectivity index (χ1) is 8.66. The van der Waals surface area contributed by atoms with Gasteiger partial charge in [-0.2, -0.15) is 0 Å². The number of hydrogen-bond donors (Lipinski definition) is 0. The lowest BCUT2D eigenvalue weighted by Crippen LogP contribution is -2.33. The quantitative estimate of drug-likeness (QED) is 0.457. The standard InChI is InChI=1S/C15H16N2O/c1-12(2)13-8-10-17(11-9-13)16-15(18)14-6-4-3-5-7-14/h3-12H,1-2H3. The van der Waals surface area contributed by atoms with E-state index in [4.69, 9.17) is 0 Å². The summed E-state index contributed by atoms with van der Waals surface area (Å²) in [6, 6.07) is 13.0. The maximum Gasteiger partial charge on any atom is 0.202 e. The average molecular weight is 240 g/mol. The number of rotatable bonds is 3. The Hall–Kier alpha value is -2.16. The normalized spacial score (nSPS) is 11.8. The molecule has 1 aromatic heterocycles. The van der Waals surface area contributed by atoms with Crippen molar-refractivity contribution in [2.45, 2.75) is 19.8 Å². The van der Waals surface area contributed by atoms with Gasteiger partial charge in [0, 0.05) is 12.1 Å². The van der Waals surface area contributed by atoms with Crippen molar-refractivity contribution in [1.82, 2.24) is 0 Å². The molecule has 0 aliphatic carbocycles. The molecule has 0 unspecified atom stereocenters. The molecule has 2 rings (SSSR count). The molecule has 2 aromatic rings. The van der Waals surface area contributed by atoms with Crippen LogP contribution in [0.1, 0.15) is 30.9 Å².